The second-order valence-electron chi connectivity index (χ2n) is 4.79. The average Bonchev–Trinajstić information content (AvgIpc) is 2.93. The summed E-state index contributed by atoms with van der Waals surface area (Å²) >= 11 is 0. The molecule has 0 spiro atoms. The third-order valence-electron chi connectivity index (χ3n) is 2.69. The zero-order valence-corrected chi connectivity index (χ0v) is 13.6. The Morgan fingerprint density at radius 3 is 1.29 bits per heavy atom. The molecule has 0 aromatic rings. The van der Waals surface area contributed by atoms with Crippen LogP contribution >= 0.6 is 0 Å². The van der Waals surface area contributed by atoms with Gasteiger partial charge in [-0.1, -0.05) is 39.5 Å². The van der Waals surface area contributed by atoms with Gasteiger partial charge in [-0.25, -0.2) is 23.3 Å². The van der Waals surface area contributed by atoms with Crippen molar-refractivity contribution >= 4 is 0 Å². The van der Waals surface area contributed by atoms with Gasteiger partial charge >= 0.3 is 0 Å². The normalized spacial score (nSPS) is 16.6. The van der Waals surface area contributed by atoms with E-state index in [-0.39, 0.29) is 20.1 Å². The Balaban J connectivity index is 0.000000284. The predicted molar refractivity (Wildman–Crippen MR) is 70.7 cm³/mol. The van der Waals surface area contributed by atoms with Crippen LogP contribution in [0.1, 0.15) is 40.5 Å². The van der Waals surface area contributed by atoms with Crippen molar-refractivity contribution in [3.05, 3.63) is 47.6 Å². The van der Waals surface area contributed by atoms with Gasteiger partial charge in [0.15, 0.2) is 0 Å². The van der Waals surface area contributed by atoms with Gasteiger partial charge < -0.3 is 0 Å². The molecule has 0 N–H and O–H groups in total. The van der Waals surface area contributed by atoms with E-state index in [4.69, 9.17) is 0 Å². The smallest absolute Gasteiger partial charge is 0 e. The number of hydrogen-bond donors (Lipinski definition) is 0. The Morgan fingerprint density at radius 2 is 1.18 bits per heavy atom. The predicted octanol–water partition coefficient (Wildman–Crippen LogP) is 4.66. The van der Waals surface area contributed by atoms with E-state index in [0.717, 1.165) is 12.8 Å². The summed E-state index contributed by atoms with van der Waals surface area (Å²) in [6.45, 7) is 8.77. The molecule has 1 radical (unpaired) electrons. The maximum absolute atomic E-state index is 3.26. The van der Waals surface area contributed by atoms with Crippen molar-refractivity contribution < 1.29 is 20.1 Å². The largest absolute Gasteiger partial charge is 0.269 e. The van der Waals surface area contributed by atoms with Gasteiger partial charge in [0, 0.05) is 20.1 Å². The van der Waals surface area contributed by atoms with E-state index in [0.29, 0.717) is 11.8 Å². The van der Waals surface area contributed by atoms with Crippen LogP contribution in [0.5, 0.6) is 0 Å². The molecule has 0 aromatic carbocycles. The summed E-state index contributed by atoms with van der Waals surface area (Å²) in [5, 5.41) is 0. The van der Waals surface area contributed by atoms with Crippen LogP contribution in [0.2, 0.25) is 0 Å². The maximum Gasteiger partial charge on any atom is 0 e. The fourth-order valence-electron chi connectivity index (χ4n) is 1.64. The topological polar surface area (TPSA) is 0 Å². The molecule has 0 saturated carbocycles. The summed E-state index contributed by atoms with van der Waals surface area (Å²) in [6, 6.07) is 0. The molecule has 97 valence electrons. The fourth-order valence-corrected chi connectivity index (χ4v) is 1.64. The Morgan fingerprint density at radius 1 is 0.824 bits per heavy atom. The van der Waals surface area contributed by atoms with Gasteiger partial charge in [-0.2, -0.15) is 12.2 Å². The summed E-state index contributed by atoms with van der Waals surface area (Å²) in [6.07, 6.45) is 17.2. The van der Waals surface area contributed by atoms with Crippen LogP contribution in [-0.4, -0.2) is 0 Å². The molecule has 0 nitrogen and oxygen atoms in total. The number of rotatable bonds is 2. The molecule has 0 unspecified atom stereocenters. The first kappa shape index (κ1) is 16.6. The molecule has 17 heavy (non-hydrogen) atoms. The third-order valence-corrected chi connectivity index (χ3v) is 2.69. The van der Waals surface area contributed by atoms with Crippen LogP contribution in [0.4, 0.5) is 0 Å². The van der Waals surface area contributed by atoms with Crippen molar-refractivity contribution in [3.63, 3.8) is 0 Å². The summed E-state index contributed by atoms with van der Waals surface area (Å²) in [5.74, 6) is 1.32. The molecule has 2 aliphatic carbocycles. The Bertz CT molecular complexity index is 293. The van der Waals surface area contributed by atoms with Crippen molar-refractivity contribution in [2.75, 3.05) is 0 Å². The Labute approximate surface area is 120 Å². The second kappa shape index (κ2) is 8.66. The van der Waals surface area contributed by atoms with Crippen molar-refractivity contribution in [2.24, 2.45) is 11.8 Å². The zero-order chi connectivity index (χ0) is 12.0. The number of hydrogen-bond acceptors (Lipinski definition) is 0. The first-order chi connectivity index (χ1) is 7.61. The molecule has 1 heteroatoms. The molecular formula is C16H22Ir-2. The first-order valence-electron chi connectivity index (χ1n) is 6.15. The van der Waals surface area contributed by atoms with Gasteiger partial charge in [0.05, 0.1) is 0 Å². The van der Waals surface area contributed by atoms with Crippen molar-refractivity contribution in [1.29, 1.82) is 0 Å². The minimum atomic E-state index is 0. The molecule has 0 heterocycles. The molecule has 0 atom stereocenters. The quantitative estimate of drug-likeness (QED) is 0.585. The van der Waals surface area contributed by atoms with Crippen molar-refractivity contribution in [2.45, 2.75) is 40.5 Å². The summed E-state index contributed by atoms with van der Waals surface area (Å²) in [5.41, 5.74) is 2.73. The van der Waals surface area contributed by atoms with Crippen LogP contribution in [0.3, 0.4) is 0 Å². The minimum Gasteiger partial charge on any atom is -0.269 e. The molecule has 0 bridgehead atoms. The fraction of sp³-hybridized carbons (Fsp3) is 0.500. The van der Waals surface area contributed by atoms with Gasteiger partial charge in [-0.3, -0.25) is 12.2 Å². The van der Waals surface area contributed by atoms with E-state index in [1.807, 2.05) is 0 Å². The molecule has 0 saturated heterocycles. The third kappa shape index (κ3) is 6.19. The monoisotopic (exact) mass is 407 g/mol. The van der Waals surface area contributed by atoms with Gasteiger partial charge in [-0.05, 0) is 0 Å². The van der Waals surface area contributed by atoms with E-state index in [1.165, 1.54) is 11.1 Å². The zero-order valence-electron chi connectivity index (χ0n) is 11.2. The molecule has 0 amide bonds. The van der Waals surface area contributed by atoms with Crippen molar-refractivity contribution in [1.82, 2.24) is 0 Å². The van der Waals surface area contributed by atoms with E-state index < -0.39 is 0 Å². The van der Waals surface area contributed by atoms with E-state index >= 15 is 0 Å². The van der Waals surface area contributed by atoms with E-state index in [9.17, 15) is 0 Å². The summed E-state index contributed by atoms with van der Waals surface area (Å²) in [4.78, 5) is 0. The summed E-state index contributed by atoms with van der Waals surface area (Å²) in [7, 11) is 0. The first-order valence-corrected chi connectivity index (χ1v) is 6.15. The number of allylic oxidation sites excluding steroid dienone is 8. The van der Waals surface area contributed by atoms with Gasteiger partial charge in [-0.15, -0.1) is 12.8 Å². The van der Waals surface area contributed by atoms with E-state index in [1.54, 1.807) is 0 Å². The molecule has 2 rings (SSSR count). The van der Waals surface area contributed by atoms with Crippen LogP contribution < -0.4 is 0 Å². The van der Waals surface area contributed by atoms with Crippen LogP contribution in [0.15, 0.2) is 35.5 Å². The van der Waals surface area contributed by atoms with Crippen molar-refractivity contribution in [3.8, 4) is 0 Å². The standard InChI is InChI=1S/2C8H11.Ir/c2*1-7(2)8-5-3-4-6-8;/h2*3,5,7H,4H2,1-2H3;/q2*-1;. The molecule has 0 aromatic heterocycles. The van der Waals surface area contributed by atoms with Crippen LogP contribution in [-0.2, 0) is 20.1 Å². The molecule has 0 fully saturated rings. The molecule has 2 aliphatic rings. The SMILES string of the molecule is CC(C)C1=[C-]CC=C1.CC(C)C1=[C-]CC=C1.[Ir]. The van der Waals surface area contributed by atoms with Gasteiger partial charge in [0.1, 0.15) is 0 Å². The van der Waals surface area contributed by atoms with Gasteiger partial charge in [0.2, 0.25) is 0 Å². The second-order valence-corrected chi connectivity index (χ2v) is 4.79. The maximum atomic E-state index is 3.26. The Hall–Kier alpha value is -0.391. The van der Waals surface area contributed by atoms with Crippen LogP contribution in [0.25, 0.3) is 0 Å². The van der Waals surface area contributed by atoms with Crippen LogP contribution in [0, 0.1) is 24.0 Å². The minimum absolute atomic E-state index is 0. The summed E-state index contributed by atoms with van der Waals surface area (Å²) < 4.78 is 0. The van der Waals surface area contributed by atoms with Gasteiger partial charge in [0.25, 0.3) is 0 Å². The molecular weight excluding hydrogens is 384 g/mol. The van der Waals surface area contributed by atoms with E-state index in [2.05, 4.69) is 64.2 Å². The average molecular weight is 407 g/mol. The molecule has 0 aliphatic heterocycles. The Kier molecular flexibility index (Phi) is 8.46.